The molecule has 6 nitrogen and oxygen atoms in total. The quantitative estimate of drug-likeness (QED) is 0.828. The molecule has 1 amide bonds. The molecule has 3 heterocycles. The third kappa shape index (κ3) is 2.89. The van der Waals surface area contributed by atoms with Gasteiger partial charge in [-0.2, -0.15) is 0 Å². The molecule has 2 aliphatic heterocycles. The van der Waals surface area contributed by atoms with Crippen LogP contribution in [0, 0.1) is 0 Å². The molecule has 116 valence electrons. The number of carbonyl (C=O) groups is 1. The number of morpholine rings is 1. The smallest absolute Gasteiger partial charge is 0.248 e. The fraction of sp³-hybridized carbons (Fsp3) is 0.786. The van der Waals surface area contributed by atoms with Gasteiger partial charge in [0.05, 0.1) is 5.60 Å². The molecule has 0 bridgehead atoms. The van der Waals surface area contributed by atoms with Crippen LogP contribution in [-0.4, -0.2) is 59.9 Å². The maximum absolute atomic E-state index is 11.5. The first-order chi connectivity index (χ1) is 9.99. The second-order valence-corrected chi connectivity index (χ2v) is 7.27. The largest absolute Gasteiger partial charge is 0.363 e. The number of likely N-dealkylation sites (N-methyl/N-ethyl adjacent to an activating group) is 1. The molecule has 0 radical (unpaired) electrons. The van der Waals surface area contributed by atoms with Crippen LogP contribution in [0.5, 0.6) is 0 Å². The van der Waals surface area contributed by atoms with Crippen LogP contribution in [0.3, 0.4) is 0 Å². The first-order valence-corrected chi connectivity index (χ1v) is 8.27. The van der Waals surface area contributed by atoms with Crippen LogP contribution in [0.15, 0.2) is 0 Å². The van der Waals surface area contributed by atoms with E-state index in [0.29, 0.717) is 12.5 Å². The van der Waals surface area contributed by atoms with Crippen molar-refractivity contribution >= 4 is 22.4 Å². The minimum Gasteiger partial charge on any atom is -0.363 e. The molecular weight excluding hydrogens is 288 g/mol. The van der Waals surface area contributed by atoms with E-state index in [2.05, 4.69) is 28.9 Å². The fourth-order valence-electron chi connectivity index (χ4n) is 2.89. The lowest BCUT2D eigenvalue weighted by molar-refractivity contribution is -0.164. The van der Waals surface area contributed by atoms with Crippen LogP contribution in [0.4, 0.5) is 5.13 Å². The van der Waals surface area contributed by atoms with E-state index in [1.807, 2.05) is 7.05 Å². The van der Waals surface area contributed by atoms with Crippen LogP contribution in [0.1, 0.15) is 37.6 Å². The van der Waals surface area contributed by atoms with E-state index < -0.39 is 0 Å². The monoisotopic (exact) mass is 310 g/mol. The predicted octanol–water partition coefficient (Wildman–Crippen LogP) is 1.49. The number of hydrogen-bond acceptors (Lipinski definition) is 6. The van der Waals surface area contributed by atoms with Gasteiger partial charge >= 0.3 is 0 Å². The van der Waals surface area contributed by atoms with Crippen molar-refractivity contribution in [1.29, 1.82) is 0 Å². The summed E-state index contributed by atoms with van der Waals surface area (Å²) in [5.41, 5.74) is -0.162. The van der Waals surface area contributed by atoms with Crippen molar-refractivity contribution in [2.24, 2.45) is 0 Å². The van der Waals surface area contributed by atoms with Gasteiger partial charge in [-0.05, 0) is 12.8 Å². The van der Waals surface area contributed by atoms with Gasteiger partial charge in [-0.25, -0.2) is 0 Å². The molecule has 21 heavy (non-hydrogen) atoms. The van der Waals surface area contributed by atoms with Crippen molar-refractivity contribution in [2.75, 3.05) is 38.2 Å². The molecule has 2 saturated heterocycles. The highest BCUT2D eigenvalue weighted by Crippen LogP contribution is 2.34. The highest BCUT2D eigenvalue weighted by atomic mass is 32.1. The van der Waals surface area contributed by atoms with Crippen LogP contribution in [-0.2, 0) is 9.53 Å². The molecule has 0 aliphatic carbocycles. The van der Waals surface area contributed by atoms with E-state index in [4.69, 9.17) is 4.74 Å². The summed E-state index contributed by atoms with van der Waals surface area (Å²) in [6, 6.07) is 0. The van der Waals surface area contributed by atoms with Crippen LogP contribution in [0.2, 0.25) is 0 Å². The normalized spacial score (nSPS) is 22.4. The van der Waals surface area contributed by atoms with Gasteiger partial charge in [-0.15, -0.1) is 10.2 Å². The van der Waals surface area contributed by atoms with E-state index in [9.17, 15) is 4.79 Å². The third-order valence-corrected chi connectivity index (χ3v) is 5.61. The van der Waals surface area contributed by atoms with Crippen molar-refractivity contribution in [3.8, 4) is 0 Å². The van der Waals surface area contributed by atoms with Crippen molar-refractivity contribution in [3.63, 3.8) is 0 Å². The highest BCUT2D eigenvalue weighted by Gasteiger charge is 2.41. The summed E-state index contributed by atoms with van der Waals surface area (Å²) in [6.07, 6.45) is 1.86. The Labute approximate surface area is 129 Å². The zero-order valence-corrected chi connectivity index (χ0v) is 13.7. The Morgan fingerprint density at radius 1 is 1.29 bits per heavy atom. The van der Waals surface area contributed by atoms with E-state index in [1.165, 1.54) is 0 Å². The summed E-state index contributed by atoms with van der Waals surface area (Å²) in [6.45, 7) is 7.01. The molecule has 0 N–H and O–H groups in total. The van der Waals surface area contributed by atoms with Gasteiger partial charge in [0.1, 0.15) is 11.6 Å². The van der Waals surface area contributed by atoms with Crippen molar-refractivity contribution in [1.82, 2.24) is 15.1 Å². The molecule has 3 rings (SSSR count). The summed E-state index contributed by atoms with van der Waals surface area (Å²) >= 11 is 1.68. The fourth-order valence-corrected chi connectivity index (χ4v) is 3.78. The number of anilines is 1. The topological polar surface area (TPSA) is 58.6 Å². The number of ether oxygens (including phenoxy) is 1. The lowest BCUT2D eigenvalue weighted by Crippen LogP contribution is -2.57. The molecule has 7 heteroatoms. The molecule has 1 aromatic rings. The molecular formula is C14H22N4O2S. The lowest BCUT2D eigenvalue weighted by Gasteiger charge is -2.46. The maximum atomic E-state index is 11.5. The Balaban J connectivity index is 1.63. The minimum atomic E-state index is -0.162. The Bertz CT molecular complexity index is 523. The molecule has 0 aromatic carbocycles. The number of piperidine rings is 1. The predicted molar refractivity (Wildman–Crippen MR) is 81.8 cm³/mol. The molecule has 2 aliphatic rings. The Morgan fingerprint density at radius 3 is 2.57 bits per heavy atom. The van der Waals surface area contributed by atoms with Gasteiger partial charge in [-0.1, -0.05) is 25.2 Å². The Morgan fingerprint density at radius 2 is 2.00 bits per heavy atom. The average molecular weight is 310 g/mol. The molecule has 2 fully saturated rings. The molecule has 0 saturated carbocycles. The summed E-state index contributed by atoms with van der Waals surface area (Å²) in [4.78, 5) is 15.6. The number of rotatable bonds is 2. The second kappa shape index (κ2) is 5.53. The van der Waals surface area contributed by atoms with Crippen LogP contribution >= 0.6 is 11.3 Å². The average Bonchev–Trinajstić information content (AvgIpc) is 2.94. The zero-order chi connectivity index (χ0) is 15.0. The molecule has 1 aromatic heterocycles. The van der Waals surface area contributed by atoms with E-state index in [1.54, 1.807) is 16.2 Å². The molecule has 1 spiro atoms. The maximum Gasteiger partial charge on any atom is 0.248 e. The summed E-state index contributed by atoms with van der Waals surface area (Å²) in [5.74, 6) is 0.502. The molecule has 0 atom stereocenters. The van der Waals surface area contributed by atoms with Gasteiger partial charge in [0.15, 0.2) is 0 Å². The van der Waals surface area contributed by atoms with Gasteiger partial charge in [-0.3, -0.25) is 4.79 Å². The van der Waals surface area contributed by atoms with E-state index >= 15 is 0 Å². The minimum absolute atomic E-state index is 0.0775. The Kier molecular flexibility index (Phi) is 3.88. The number of amides is 1. The third-order valence-electron chi connectivity index (χ3n) is 4.32. The second-order valence-electron chi connectivity index (χ2n) is 6.29. The van der Waals surface area contributed by atoms with E-state index in [0.717, 1.165) is 36.1 Å². The van der Waals surface area contributed by atoms with Gasteiger partial charge in [0.2, 0.25) is 11.0 Å². The number of aromatic nitrogens is 2. The van der Waals surface area contributed by atoms with Crippen molar-refractivity contribution in [2.45, 2.75) is 38.2 Å². The van der Waals surface area contributed by atoms with Crippen molar-refractivity contribution in [3.05, 3.63) is 5.01 Å². The summed E-state index contributed by atoms with van der Waals surface area (Å²) in [5, 5.41) is 10.7. The van der Waals surface area contributed by atoms with Gasteiger partial charge in [0, 0.05) is 32.6 Å². The molecule has 0 unspecified atom stereocenters. The number of carbonyl (C=O) groups excluding carboxylic acids is 1. The first kappa shape index (κ1) is 14.7. The summed E-state index contributed by atoms with van der Waals surface area (Å²) < 4.78 is 5.87. The highest BCUT2D eigenvalue weighted by molar-refractivity contribution is 7.15. The first-order valence-electron chi connectivity index (χ1n) is 7.45. The van der Waals surface area contributed by atoms with Crippen LogP contribution < -0.4 is 4.90 Å². The van der Waals surface area contributed by atoms with Gasteiger partial charge < -0.3 is 14.5 Å². The van der Waals surface area contributed by atoms with Crippen molar-refractivity contribution < 1.29 is 9.53 Å². The SMILES string of the molecule is CC(C)c1nnc(N2CCC3(CC2)CN(C)C(=O)CO3)s1. The summed E-state index contributed by atoms with van der Waals surface area (Å²) in [7, 11) is 1.86. The van der Waals surface area contributed by atoms with Crippen LogP contribution in [0.25, 0.3) is 0 Å². The lowest BCUT2D eigenvalue weighted by atomic mass is 9.89. The van der Waals surface area contributed by atoms with E-state index in [-0.39, 0.29) is 18.1 Å². The number of nitrogens with zero attached hydrogens (tertiary/aromatic N) is 4. The zero-order valence-electron chi connectivity index (χ0n) is 12.8. The number of hydrogen-bond donors (Lipinski definition) is 0. The Hall–Kier alpha value is -1.21. The van der Waals surface area contributed by atoms with Gasteiger partial charge in [0.25, 0.3) is 0 Å². The standard InChI is InChI=1S/C14H22N4O2S/c1-10(2)12-15-16-13(21-12)18-6-4-14(5-7-18)9-17(3)11(19)8-20-14/h10H,4-9H2,1-3H3.